The summed E-state index contributed by atoms with van der Waals surface area (Å²) in [6, 6.07) is 7.31. The first-order valence-corrected chi connectivity index (χ1v) is 7.14. The zero-order chi connectivity index (χ0) is 17.4. The normalized spacial score (nSPS) is 10.2. The Morgan fingerprint density at radius 2 is 1.92 bits per heavy atom. The number of carboxylic acid groups (broad SMARTS) is 1. The molecule has 1 amide bonds. The highest BCUT2D eigenvalue weighted by Gasteiger charge is 2.10. The summed E-state index contributed by atoms with van der Waals surface area (Å²) in [5.41, 5.74) is 0.688. The van der Waals surface area contributed by atoms with Crippen molar-refractivity contribution < 1.29 is 24.2 Å². The van der Waals surface area contributed by atoms with Gasteiger partial charge in [0.25, 0.3) is 5.91 Å². The Balaban J connectivity index is 1.91. The van der Waals surface area contributed by atoms with E-state index in [1.807, 2.05) is 24.3 Å². The van der Waals surface area contributed by atoms with Crippen molar-refractivity contribution in [1.29, 1.82) is 0 Å². The lowest BCUT2D eigenvalue weighted by Gasteiger charge is -2.08. The first-order chi connectivity index (χ1) is 11.6. The van der Waals surface area contributed by atoms with Crippen molar-refractivity contribution >= 4 is 11.9 Å². The molecule has 0 spiro atoms. The molecule has 2 N–H and O–H groups in total. The van der Waals surface area contributed by atoms with E-state index in [1.165, 1.54) is 0 Å². The lowest BCUT2D eigenvalue weighted by molar-refractivity contribution is 0.0689. The van der Waals surface area contributed by atoms with Crippen LogP contribution in [0.2, 0.25) is 0 Å². The molecule has 24 heavy (non-hydrogen) atoms. The molecule has 0 radical (unpaired) electrons. The number of methoxy groups -OCH3 is 1. The maximum Gasteiger partial charge on any atom is 0.356 e. The van der Waals surface area contributed by atoms with Gasteiger partial charge in [0.15, 0.2) is 5.69 Å². The third-order valence-electron chi connectivity index (χ3n) is 3.01. The second-order valence-corrected chi connectivity index (χ2v) is 4.76. The molecule has 0 saturated carbocycles. The first kappa shape index (κ1) is 17.4. The standard InChI is InChI=1S/C16H17N3O5/c1-23-5-6-24-12-4-2-3-11(7-12)8-19-15(20)13-9-18-14(10-17-13)16(21)22/h2-4,7,9-10H,5-6,8H2,1H3,(H,19,20)(H,21,22). The maximum absolute atomic E-state index is 12.0. The number of carboxylic acids is 1. The second kappa shape index (κ2) is 8.59. The number of amides is 1. The Bertz CT molecular complexity index is 703. The molecular formula is C16H17N3O5. The molecule has 0 unspecified atom stereocenters. The summed E-state index contributed by atoms with van der Waals surface area (Å²) < 4.78 is 10.4. The third-order valence-corrected chi connectivity index (χ3v) is 3.01. The van der Waals surface area contributed by atoms with Gasteiger partial charge in [0.05, 0.1) is 19.0 Å². The van der Waals surface area contributed by atoms with Crippen LogP contribution in [0.3, 0.4) is 0 Å². The minimum atomic E-state index is -1.19. The largest absolute Gasteiger partial charge is 0.491 e. The van der Waals surface area contributed by atoms with Crippen LogP contribution in [-0.2, 0) is 11.3 Å². The molecule has 8 nitrogen and oxygen atoms in total. The highest BCUT2D eigenvalue weighted by molar-refractivity contribution is 5.92. The Morgan fingerprint density at radius 1 is 1.17 bits per heavy atom. The molecule has 126 valence electrons. The van der Waals surface area contributed by atoms with Crippen LogP contribution < -0.4 is 10.1 Å². The molecule has 0 atom stereocenters. The number of hydrogen-bond acceptors (Lipinski definition) is 6. The number of hydrogen-bond donors (Lipinski definition) is 2. The van der Waals surface area contributed by atoms with Crippen LogP contribution in [0.5, 0.6) is 5.75 Å². The molecule has 0 fully saturated rings. The fourth-order valence-electron chi connectivity index (χ4n) is 1.82. The summed E-state index contributed by atoms with van der Waals surface area (Å²) in [5.74, 6) is -0.950. The number of aromatic carboxylic acids is 1. The van der Waals surface area contributed by atoms with Gasteiger partial charge in [0.1, 0.15) is 18.1 Å². The zero-order valence-corrected chi connectivity index (χ0v) is 13.1. The van der Waals surface area contributed by atoms with Gasteiger partial charge in [-0.15, -0.1) is 0 Å². The monoisotopic (exact) mass is 331 g/mol. The molecule has 0 aliphatic heterocycles. The summed E-state index contributed by atoms with van der Waals surface area (Å²) in [5, 5.41) is 11.4. The third kappa shape index (κ3) is 5.03. The molecule has 0 bridgehead atoms. The first-order valence-electron chi connectivity index (χ1n) is 7.14. The summed E-state index contributed by atoms with van der Waals surface area (Å²) in [6.45, 7) is 1.21. The number of ether oxygens (including phenoxy) is 2. The average Bonchev–Trinajstić information content (AvgIpc) is 2.60. The zero-order valence-electron chi connectivity index (χ0n) is 13.1. The van der Waals surface area contributed by atoms with E-state index in [-0.39, 0.29) is 17.9 Å². The molecule has 2 rings (SSSR count). The van der Waals surface area contributed by atoms with E-state index in [2.05, 4.69) is 15.3 Å². The highest BCUT2D eigenvalue weighted by Crippen LogP contribution is 2.13. The maximum atomic E-state index is 12.0. The van der Waals surface area contributed by atoms with Crippen molar-refractivity contribution in [2.24, 2.45) is 0 Å². The number of benzene rings is 1. The topological polar surface area (TPSA) is 111 Å². The number of carbonyl (C=O) groups excluding carboxylic acids is 1. The highest BCUT2D eigenvalue weighted by atomic mass is 16.5. The van der Waals surface area contributed by atoms with E-state index < -0.39 is 11.9 Å². The summed E-state index contributed by atoms with van der Waals surface area (Å²) in [4.78, 5) is 30.1. The van der Waals surface area contributed by atoms with Crippen LogP contribution in [0.15, 0.2) is 36.7 Å². The van der Waals surface area contributed by atoms with Crippen molar-refractivity contribution in [2.75, 3.05) is 20.3 Å². The predicted octanol–water partition coefficient (Wildman–Crippen LogP) is 1.13. The number of nitrogens with one attached hydrogen (secondary N) is 1. The van der Waals surface area contributed by atoms with Crippen molar-refractivity contribution in [1.82, 2.24) is 15.3 Å². The van der Waals surface area contributed by atoms with E-state index in [0.717, 1.165) is 18.0 Å². The van der Waals surface area contributed by atoms with Crippen LogP contribution in [-0.4, -0.2) is 47.3 Å². The van der Waals surface area contributed by atoms with Gasteiger partial charge in [-0.1, -0.05) is 12.1 Å². The second-order valence-electron chi connectivity index (χ2n) is 4.76. The fraction of sp³-hybridized carbons (Fsp3) is 0.250. The summed E-state index contributed by atoms with van der Waals surface area (Å²) in [7, 11) is 1.60. The van der Waals surface area contributed by atoms with Gasteiger partial charge in [-0.3, -0.25) is 4.79 Å². The number of rotatable bonds is 8. The van der Waals surface area contributed by atoms with Gasteiger partial charge in [-0.25, -0.2) is 14.8 Å². The molecule has 2 aromatic rings. The minimum Gasteiger partial charge on any atom is -0.491 e. The van der Waals surface area contributed by atoms with Crippen molar-refractivity contribution in [3.63, 3.8) is 0 Å². The minimum absolute atomic E-state index is 0.0486. The summed E-state index contributed by atoms with van der Waals surface area (Å²) >= 11 is 0. The molecule has 0 saturated heterocycles. The lowest BCUT2D eigenvalue weighted by atomic mass is 10.2. The van der Waals surface area contributed by atoms with Crippen LogP contribution >= 0.6 is 0 Å². The predicted molar refractivity (Wildman–Crippen MR) is 84.0 cm³/mol. The Kier molecular flexibility index (Phi) is 6.21. The summed E-state index contributed by atoms with van der Waals surface area (Å²) in [6.07, 6.45) is 2.17. The van der Waals surface area contributed by atoms with Crippen LogP contribution in [0.25, 0.3) is 0 Å². The van der Waals surface area contributed by atoms with E-state index in [4.69, 9.17) is 14.6 Å². The van der Waals surface area contributed by atoms with Gasteiger partial charge in [-0.05, 0) is 17.7 Å². The lowest BCUT2D eigenvalue weighted by Crippen LogP contribution is -2.24. The van der Waals surface area contributed by atoms with Gasteiger partial charge in [0.2, 0.25) is 0 Å². The van der Waals surface area contributed by atoms with E-state index in [9.17, 15) is 9.59 Å². The van der Waals surface area contributed by atoms with Gasteiger partial charge in [0, 0.05) is 13.7 Å². The number of nitrogens with zero attached hydrogens (tertiary/aromatic N) is 2. The quantitative estimate of drug-likeness (QED) is 0.698. The Hall–Kier alpha value is -3.00. The van der Waals surface area contributed by atoms with E-state index >= 15 is 0 Å². The van der Waals surface area contributed by atoms with Gasteiger partial charge < -0.3 is 19.9 Å². The fourth-order valence-corrected chi connectivity index (χ4v) is 1.82. The van der Waals surface area contributed by atoms with Crippen LogP contribution in [0.1, 0.15) is 26.5 Å². The van der Waals surface area contributed by atoms with Crippen molar-refractivity contribution in [2.45, 2.75) is 6.54 Å². The van der Waals surface area contributed by atoms with E-state index in [1.54, 1.807) is 7.11 Å². The van der Waals surface area contributed by atoms with Gasteiger partial charge >= 0.3 is 5.97 Å². The molecule has 0 aliphatic rings. The molecule has 1 aromatic heterocycles. The molecular weight excluding hydrogens is 314 g/mol. The number of aromatic nitrogens is 2. The smallest absolute Gasteiger partial charge is 0.356 e. The SMILES string of the molecule is COCCOc1cccc(CNC(=O)c2cnc(C(=O)O)cn2)c1. The Labute approximate surface area is 138 Å². The molecule has 8 heteroatoms. The molecule has 0 aliphatic carbocycles. The average molecular weight is 331 g/mol. The van der Waals surface area contributed by atoms with Crippen LogP contribution in [0.4, 0.5) is 0 Å². The molecule has 1 heterocycles. The molecule has 1 aromatic carbocycles. The van der Waals surface area contributed by atoms with Gasteiger partial charge in [-0.2, -0.15) is 0 Å². The van der Waals surface area contributed by atoms with Crippen molar-refractivity contribution in [3.8, 4) is 5.75 Å². The van der Waals surface area contributed by atoms with Crippen LogP contribution in [0, 0.1) is 0 Å². The van der Waals surface area contributed by atoms with E-state index in [0.29, 0.717) is 19.0 Å². The van der Waals surface area contributed by atoms with Crippen molar-refractivity contribution in [3.05, 3.63) is 53.6 Å². The Morgan fingerprint density at radius 3 is 2.58 bits per heavy atom. The number of carbonyl (C=O) groups is 2.